The lowest BCUT2D eigenvalue weighted by Crippen LogP contribution is -2.24. The number of ketones is 1. The van der Waals surface area contributed by atoms with Gasteiger partial charge in [-0.25, -0.2) is 4.39 Å². The molecule has 1 aromatic rings. The normalized spacial score (nSPS) is 12.7. The summed E-state index contributed by atoms with van der Waals surface area (Å²) in [6.07, 6.45) is 1.68. The Labute approximate surface area is 114 Å². The Kier molecular flexibility index (Phi) is 6.67. The minimum atomic E-state index is -0.325. The minimum Gasteiger partial charge on any atom is -0.393 e. The average Bonchev–Trinajstić information content (AvgIpc) is 2.37. The molecule has 0 saturated heterocycles. The van der Waals surface area contributed by atoms with Gasteiger partial charge in [-0.2, -0.15) is 0 Å². The molecule has 1 N–H and O–H groups in total. The molecule has 0 aliphatic heterocycles. The number of rotatable bonds is 8. The van der Waals surface area contributed by atoms with E-state index in [0.29, 0.717) is 12.0 Å². The van der Waals surface area contributed by atoms with Crippen LogP contribution in [0.4, 0.5) is 4.39 Å². The second kappa shape index (κ2) is 8.02. The lowest BCUT2D eigenvalue weighted by Gasteiger charge is -2.17. The molecule has 106 valence electrons. The van der Waals surface area contributed by atoms with Gasteiger partial charge in [-0.1, -0.05) is 0 Å². The number of halogens is 1. The van der Waals surface area contributed by atoms with Crippen LogP contribution in [0, 0.1) is 5.82 Å². The van der Waals surface area contributed by atoms with E-state index in [1.165, 1.54) is 24.3 Å². The number of benzene rings is 1. The Morgan fingerprint density at radius 2 is 1.95 bits per heavy atom. The van der Waals surface area contributed by atoms with Gasteiger partial charge < -0.3 is 10.0 Å². The monoisotopic (exact) mass is 267 g/mol. The summed E-state index contributed by atoms with van der Waals surface area (Å²) in [6, 6.07) is 5.66. The SMILES string of the molecule is CC(O)CCN(C)CCCC(=O)c1ccc(F)cc1. The summed E-state index contributed by atoms with van der Waals surface area (Å²) in [7, 11) is 1.98. The van der Waals surface area contributed by atoms with Crippen molar-refractivity contribution in [2.24, 2.45) is 0 Å². The summed E-state index contributed by atoms with van der Waals surface area (Å²) in [5.41, 5.74) is 0.563. The van der Waals surface area contributed by atoms with Crippen LogP contribution < -0.4 is 0 Å². The fourth-order valence-electron chi connectivity index (χ4n) is 1.81. The summed E-state index contributed by atoms with van der Waals surface area (Å²) in [5, 5.41) is 9.17. The van der Waals surface area contributed by atoms with Crippen LogP contribution in [0.15, 0.2) is 24.3 Å². The zero-order valence-corrected chi connectivity index (χ0v) is 11.6. The maximum absolute atomic E-state index is 12.7. The number of Topliss-reactive ketones (excluding diaryl/α,β-unsaturated/α-hetero) is 1. The van der Waals surface area contributed by atoms with Crippen LogP contribution in [0.3, 0.4) is 0 Å². The van der Waals surface area contributed by atoms with Gasteiger partial charge >= 0.3 is 0 Å². The highest BCUT2D eigenvalue weighted by Crippen LogP contribution is 2.07. The van der Waals surface area contributed by atoms with E-state index in [4.69, 9.17) is 0 Å². The second-order valence-corrected chi connectivity index (χ2v) is 4.97. The first-order valence-corrected chi connectivity index (χ1v) is 6.64. The number of nitrogens with zero attached hydrogens (tertiary/aromatic N) is 1. The molecule has 0 amide bonds. The Balaban J connectivity index is 2.25. The molecule has 0 heterocycles. The van der Waals surface area contributed by atoms with E-state index in [1.54, 1.807) is 6.92 Å². The first-order valence-electron chi connectivity index (χ1n) is 6.64. The molecule has 1 atom stereocenters. The van der Waals surface area contributed by atoms with Gasteiger partial charge in [-0.05, 0) is 57.6 Å². The van der Waals surface area contributed by atoms with E-state index in [1.807, 2.05) is 7.05 Å². The molecule has 4 heteroatoms. The molecule has 1 unspecified atom stereocenters. The van der Waals surface area contributed by atoms with E-state index in [2.05, 4.69) is 4.90 Å². The molecular formula is C15H22FNO2. The Morgan fingerprint density at radius 3 is 2.53 bits per heavy atom. The van der Waals surface area contributed by atoms with Crippen LogP contribution in [0.5, 0.6) is 0 Å². The summed E-state index contributed by atoms with van der Waals surface area (Å²) in [4.78, 5) is 13.9. The molecule has 0 fully saturated rings. The number of hydrogen-bond donors (Lipinski definition) is 1. The lowest BCUT2D eigenvalue weighted by atomic mass is 10.1. The Hall–Kier alpha value is -1.26. The zero-order valence-electron chi connectivity index (χ0n) is 11.6. The predicted octanol–water partition coefficient (Wildman–Crippen LogP) is 2.49. The van der Waals surface area contributed by atoms with Crippen molar-refractivity contribution in [1.29, 1.82) is 0 Å². The summed E-state index contributed by atoms with van der Waals surface area (Å²) in [6.45, 7) is 3.41. The number of aliphatic hydroxyl groups is 1. The molecule has 0 saturated carbocycles. The Morgan fingerprint density at radius 1 is 1.32 bits per heavy atom. The lowest BCUT2D eigenvalue weighted by molar-refractivity contribution is 0.0974. The molecule has 3 nitrogen and oxygen atoms in total. The number of carbonyl (C=O) groups excluding carboxylic acids is 1. The highest BCUT2D eigenvalue weighted by Gasteiger charge is 2.07. The number of aliphatic hydroxyl groups excluding tert-OH is 1. The minimum absolute atomic E-state index is 0.0453. The second-order valence-electron chi connectivity index (χ2n) is 4.97. The van der Waals surface area contributed by atoms with Gasteiger partial charge in [0.15, 0.2) is 5.78 Å². The highest BCUT2D eigenvalue weighted by molar-refractivity contribution is 5.95. The van der Waals surface area contributed by atoms with Crippen molar-refractivity contribution < 1.29 is 14.3 Å². The van der Waals surface area contributed by atoms with Crippen molar-refractivity contribution in [3.8, 4) is 0 Å². The summed E-state index contributed by atoms with van der Waals surface area (Å²) < 4.78 is 12.7. The van der Waals surface area contributed by atoms with E-state index in [9.17, 15) is 14.3 Å². The van der Waals surface area contributed by atoms with Crippen LogP contribution in [-0.4, -0.2) is 42.0 Å². The van der Waals surface area contributed by atoms with Crippen molar-refractivity contribution in [3.63, 3.8) is 0 Å². The first kappa shape index (κ1) is 15.8. The maximum Gasteiger partial charge on any atom is 0.162 e. The third-order valence-electron chi connectivity index (χ3n) is 3.04. The van der Waals surface area contributed by atoms with Gasteiger partial charge in [0.25, 0.3) is 0 Å². The molecule has 19 heavy (non-hydrogen) atoms. The van der Waals surface area contributed by atoms with Gasteiger partial charge in [0, 0.05) is 18.5 Å². The van der Waals surface area contributed by atoms with Crippen LogP contribution in [0.2, 0.25) is 0 Å². The van der Waals surface area contributed by atoms with Crippen LogP contribution in [-0.2, 0) is 0 Å². The largest absolute Gasteiger partial charge is 0.393 e. The molecule has 0 aromatic heterocycles. The predicted molar refractivity (Wildman–Crippen MR) is 73.8 cm³/mol. The molecule has 0 aliphatic carbocycles. The van der Waals surface area contributed by atoms with E-state index in [-0.39, 0.29) is 17.7 Å². The quantitative estimate of drug-likeness (QED) is 0.736. The molecule has 0 spiro atoms. The van der Waals surface area contributed by atoms with Crippen molar-refractivity contribution in [1.82, 2.24) is 4.90 Å². The highest BCUT2D eigenvalue weighted by atomic mass is 19.1. The van der Waals surface area contributed by atoms with Crippen molar-refractivity contribution >= 4 is 5.78 Å². The van der Waals surface area contributed by atoms with Gasteiger partial charge in [-0.15, -0.1) is 0 Å². The average molecular weight is 267 g/mol. The van der Waals surface area contributed by atoms with Crippen molar-refractivity contribution in [3.05, 3.63) is 35.6 Å². The van der Waals surface area contributed by atoms with E-state index >= 15 is 0 Å². The Bertz CT molecular complexity index is 390. The van der Waals surface area contributed by atoms with Crippen LogP contribution >= 0.6 is 0 Å². The van der Waals surface area contributed by atoms with Gasteiger partial charge in [0.1, 0.15) is 5.82 Å². The fraction of sp³-hybridized carbons (Fsp3) is 0.533. The molecular weight excluding hydrogens is 245 g/mol. The standard InChI is InChI=1S/C15H22FNO2/c1-12(18)9-11-17(2)10-3-4-15(19)13-5-7-14(16)8-6-13/h5-8,12,18H,3-4,9-11H2,1-2H3. The summed E-state index contributed by atoms with van der Waals surface area (Å²) in [5.74, 6) is -0.279. The summed E-state index contributed by atoms with van der Waals surface area (Å²) >= 11 is 0. The topological polar surface area (TPSA) is 40.5 Å². The first-order chi connectivity index (χ1) is 8.99. The van der Waals surface area contributed by atoms with Gasteiger partial charge in [0.2, 0.25) is 0 Å². The van der Waals surface area contributed by atoms with Gasteiger partial charge in [0.05, 0.1) is 6.10 Å². The van der Waals surface area contributed by atoms with Crippen LogP contribution in [0.25, 0.3) is 0 Å². The smallest absolute Gasteiger partial charge is 0.162 e. The molecule has 1 rings (SSSR count). The van der Waals surface area contributed by atoms with Crippen molar-refractivity contribution in [2.45, 2.75) is 32.3 Å². The van der Waals surface area contributed by atoms with E-state index < -0.39 is 0 Å². The zero-order chi connectivity index (χ0) is 14.3. The molecule has 0 radical (unpaired) electrons. The number of hydrogen-bond acceptors (Lipinski definition) is 3. The van der Waals surface area contributed by atoms with E-state index in [0.717, 1.165) is 25.9 Å². The van der Waals surface area contributed by atoms with Crippen LogP contribution in [0.1, 0.15) is 36.5 Å². The fourth-order valence-corrected chi connectivity index (χ4v) is 1.81. The van der Waals surface area contributed by atoms with Gasteiger partial charge in [-0.3, -0.25) is 4.79 Å². The molecule has 1 aromatic carbocycles. The third-order valence-corrected chi connectivity index (χ3v) is 3.04. The third kappa shape index (κ3) is 6.45. The number of carbonyl (C=O) groups is 1. The van der Waals surface area contributed by atoms with Crippen molar-refractivity contribution in [2.75, 3.05) is 20.1 Å². The molecule has 0 aliphatic rings. The maximum atomic E-state index is 12.7. The molecule has 0 bridgehead atoms.